The van der Waals surface area contributed by atoms with Gasteiger partial charge < -0.3 is 5.73 Å². The molecule has 0 saturated heterocycles. The summed E-state index contributed by atoms with van der Waals surface area (Å²) in [4.78, 5) is 15.2. The molecule has 0 atom stereocenters. The van der Waals surface area contributed by atoms with Gasteiger partial charge >= 0.3 is 5.69 Å². The van der Waals surface area contributed by atoms with Gasteiger partial charge in [0, 0.05) is 7.05 Å². The van der Waals surface area contributed by atoms with Crippen LogP contribution >= 0.6 is 11.8 Å². The zero-order valence-electron chi connectivity index (χ0n) is 7.97. The summed E-state index contributed by atoms with van der Waals surface area (Å²) in [5.41, 5.74) is 5.29. The molecule has 2 aromatic heterocycles. The third-order valence-corrected chi connectivity index (χ3v) is 2.76. The molecule has 0 aromatic carbocycles. The van der Waals surface area contributed by atoms with E-state index in [0.29, 0.717) is 16.0 Å². The van der Waals surface area contributed by atoms with Crippen molar-refractivity contribution in [3.63, 3.8) is 0 Å². The average Bonchev–Trinajstić information content (AvgIpc) is 2.50. The zero-order valence-corrected chi connectivity index (χ0v) is 8.78. The lowest BCUT2D eigenvalue weighted by molar-refractivity contribution is 0.765. The van der Waals surface area contributed by atoms with E-state index in [0.717, 1.165) is 0 Å². The number of aromatic nitrogens is 4. The minimum absolute atomic E-state index is 0.249. The lowest BCUT2D eigenvalue weighted by atomic mass is 10.5. The number of pyridine rings is 1. The van der Waals surface area contributed by atoms with Crippen LogP contribution in [0.4, 0.5) is 5.82 Å². The number of hydrogen-bond donors (Lipinski definition) is 2. The molecule has 3 N–H and O–H groups in total. The Labute approximate surface area is 89.5 Å². The average molecular weight is 223 g/mol. The first kappa shape index (κ1) is 9.78. The number of anilines is 1. The molecule has 0 aliphatic heterocycles. The fraction of sp³-hybridized carbons (Fsp3) is 0.125. The van der Waals surface area contributed by atoms with E-state index in [1.54, 1.807) is 25.2 Å². The maximum atomic E-state index is 11.1. The summed E-state index contributed by atoms with van der Waals surface area (Å²) in [6, 6.07) is 5.31. The van der Waals surface area contributed by atoms with Gasteiger partial charge in [-0.25, -0.2) is 14.9 Å². The highest BCUT2D eigenvalue weighted by Gasteiger charge is 2.06. The molecule has 0 saturated carbocycles. The quantitative estimate of drug-likeness (QED) is 0.761. The summed E-state index contributed by atoms with van der Waals surface area (Å²) >= 11 is 1.28. The Bertz CT molecular complexity index is 532. The predicted octanol–water partition coefficient (Wildman–Crippen LogP) is 0.237. The molecule has 0 fully saturated rings. The van der Waals surface area contributed by atoms with Gasteiger partial charge in [-0.15, -0.1) is 5.10 Å². The Morgan fingerprint density at radius 3 is 2.93 bits per heavy atom. The highest BCUT2D eigenvalue weighted by atomic mass is 32.2. The second kappa shape index (κ2) is 3.77. The molecule has 0 aliphatic carbocycles. The lowest BCUT2D eigenvalue weighted by Crippen LogP contribution is -2.12. The molecule has 7 heteroatoms. The molecule has 2 rings (SSSR count). The van der Waals surface area contributed by atoms with Gasteiger partial charge in [-0.05, 0) is 23.9 Å². The van der Waals surface area contributed by atoms with Gasteiger partial charge in [0.25, 0.3) is 0 Å². The van der Waals surface area contributed by atoms with Gasteiger partial charge in [0.15, 0.2) is 5.16 Å². The number of nitrogens with zero attached hydrogens (tertiary/aromatic N) is 3. The van der Waals surface area contributed by atoms with Gasteiger partial charge in [0.1, 0.15) is 10.8 Å². The molecular formula is C8H9N5OS. The predicted molar refractivity (Wildman–Crippen MR) is 56.6 cm³/mol. The van der Waals surface area contributed by atoms with E-state index >= 15 is 0 Å². The van der Waals surface area contributed by atoms with E-state index in [9.17, 15) is 4.79 Å². The maximum absolute atomic E-state index is 11.1. The number of nitrogens with one attached hydrogen (secondary N) is 1. The summed E-state index contributed by atoms with van der Waals surface area (Å²) in [6.45, 7) is 0. The number of H-pyrrole nitrogens is 1. The van der Waals surface area contributed by atoms with Crippen molar-refractivity contribution in [3.05, 3.63) is 28.7 Å². The molecule has 6 nitrogen and oxygen atoms in total. The summed E-state index contributed by atoms with van der Waals surface area (Å²) in [5.74, 6) is 0.445. The highest BCUT2D eigenvalue weighted by molar-refractivity contribution is 7.99. The second-order valence-corrected chi connectivity index (χ2v) is 3.86. The molecule has 2 heterocycles. The van der Waals surface area contributed by atoms with E-state index < -0.39 is 0 Å². The van der Waals surface area contributed by atoms with E-state index in [1.165, 1.54) is 16.3 Å². The number of nitrogens with two attached hydrogens (primary N) is 1. The van der Waals surface area contributed by atoms with Crippen LogP contribution in [-0.2, 0) is 7.05 Å². The van der Waals surface area contributed by atoms with E-state index in [1.807, 2.05) is 0 Å². The van der Waals surface area contributed by atoms with Gasteiger partial charge in [-0.1, -0.05) is 6.07 Å². The lowest BCUT2D eigenvalue weighted by Gasteiger charge is -1.99. The van der Waals surface area contributed by atoms with Gasteiger partial charge in [0.05, 0.1) is 0 Å². The Kier molecular flexibility index (Phi) is 2.46. The smallest absolute Gasteiger partial charge is 0.343 e. The second-order valence-electron chi connectivity index (χ2n) is 2.87. The van der Waals surface area contributed by atoms with Crippen molar-refractivity contribution < 1.29 is 0 Å². The molecule has 0 radical (unpaired) electrons. The monoisotopic (exact) mass is 223 g/mol. The summed E-state index contributed by atoms with van der Waals surface area (Å²) in [6.07, 6.45) is 0. The highest BCUT2D eigenvalue weighted by Crippen LogP contribution is 2.22. The number of rotatable bonds is 2. The summed E-state index contributed by atoms with van der Waals surface area (Å²) in [5, 5.41) is 7.46. The molecule has 15 heavy (non-hydrogen) atoms. The van der Waals surface area contributed by atoms with Crippen molar-refractivity contribution in [1.29, 1.82) is 0 Å². The summed E-state index contributed by atoms with van der Waals surface area (Å²) < 4.78 is 1.41. The third-order valence-electron chi connectivity index (χ3n) is 1.78. The van der Waals surface area contributed by atoms with Crippen LogP contribution in [0.25, 0.3) is 0 Å². The van der Waals surface area contributed by atoms with E-state index in [4.69, 9.17) is 5.73 Å². The topological polar surface area (TPSA) is 89.6 Å². The molecule has 0 spiro atoms. The van der Waals surface area contributed by atoms with E-state index in [2.05, 4.69) is 15.2 Å². The first-order chi connectivity index (χ1) is 7.16. The maximum Gasteiger partial charge on any atom is 0.343 e. The molecular weight excluding hydrogens is 214 g/mol. The molecule has 0 amide bonds. The van der Waals surface area contributed by atoms with Crippen LogP contribution in [0.5, 0.6) is 0 Å². The first-order valence-electron chi connectivity index (χ1n) is 4.18. The zero-order chi connectivity index (χ0) is 10.8. The molecule has 0 unspecified atom stereocenters. The standard InChI is InChI=1S/C8H9N5OS/c1-13-7(14)11-12-8(13)15-6-4-2-3-5(9)10-6/h2-4H,1H3,(H2,9,10)(H,11,14). The van der Waals surface area contributed by atoms with Gasteiger partial charge in [-0.3, -0.25) is 4.57 Å². The van der Waals surface area contributed by atoms with Gasteiger partial charge in [-0.2, -0.15) is 0 Å². The van der Waals surface area contributed by atoms with Crippen molar-refractivity contribution in [2.24, 2.45) is 7.05 Å². The van der Waals surface area contributed by atoms with Crippen LogP contribution in [0.1, 0.15) is 0 Å². The van der Waals surface area contributed by atoms with Crippen LogP contribution in [0.3, 0.4) is 0 Å². The van der Waals surface area contributed by atoms with Crippen LogP contribution in [-0.4, -0.2) is 19.7 Å². The number of aromatic amines is 1. The SMILES string of the molecule is Cn1c(Sc2cccc(N)n2)n[nH]c1=O. The molecule has 78 valence electrons. The minimum Gasteiger partial charge on any atom is -0.384 e. The minimum atomic E-state index is -0.249. The van der Waals surface area contributed by atoms with Crippen molar-refractivity contribution in [2.45, 2.75) is 10.2 Å². The summed E-state index contributed by atoms with van der Waals surface area (Å²) in [7, 11) is 1.64. The van der Waals surface area contributed by atoms with Crippen molar-refractivity contribution >= 4 is 17.6 Å². The largest absolute Gasteiger partial charge is 0.384 e. The fourth-order valence-electron chi connectivity index (χ4n) is 1.00. The van der Waals surface area contributed by atoms with Crippen LogP contribution < -0.4 is 11.4 Å². The number of nitrogen functional groups attached to an aromatic ring is 1. The van der Waals surface area contributed by atoms with Crippen molar-refractivity contribution in [2.75, 3.05) is 5.73 Å². The fourth-order valence-corrected chi connectivity index (χ4v) is 1.80. The Morgan fingerprint density at radius 1 is 1.53 bits per heavy atom. The van der Waals surface area contributed by atoms with Crippen molar-refractivity contribution in [1.82, 2.24) is 19.7 Å². The Hall–Kier alpha value is -1.76. The Morgan fingerprint density at radius 2 is 2.33 bits per heavy atom. The van der Waals surface area contributed by atoms with Crippen LogP contribution in [0, 0.1) is 0 Å². The van der Waals surface area contributed by atoms with E-state index in [-0.39, 0.29) is 5.69 Å². The first-order valence-corrected chi connectivity index (χ1v) is 5.00. The molecule has 0 aliphatic rings. The van der Waals surface area contributed by atoms with Gasteiger partial charge in [0.2, 0.25) is 0 Å². The molecule has 2 aromatic rings. The normalized spacial score (nSPS) is 10.5. The van der Waals surface area contributed by atoms with Crippen LogP contribution in [0.15, 0.2) is 33.2 Å². The molecule has 0 bridgehead atoms. The van der Waals surface area contributed by atoms with Crippen LogP contribution in [0.2, 0.25) is 0 Å². The Balaban J connectivity index is 2.29. The third kappa shape index (κ3) is 2.01. The van der Waals surface area contributed by atoms with Crippen molar-refractivity contribution in [3.8, 4) is 0 Å². The number of hydrogen-bond acceptors (Lipinski definition) is 5.